The fourth-order valence-electron chi connectivity index (χ4n) is 5.59. The van der Waals surface area contributed by atoms with E-state index in [9.17, 15) is 10.1 Å². The molecule has 38 heavy (non-hydrogen) atoms. The van der Waals surface area contributed by atoms with Gasteiger partial charge in [-0.2, -0.15) is 15.3 Å². The summed E-state index contributed by atoms with van der Waals surface area (Å²) in [7, 11) is 0. The van der Waals surface area contributed by atoms with Crippen molar-refractivity contribution in [2.75, 3.05) is 6.61 Å². The normalized spacial score (nSPS) is 17.0. The van der Waals surface area contributed by atoms with Crippen LogP contribution in [0.3, 0.4) is 0 Å². The number of unbranched alkanes of at least 4 members (excludes halogenated alkanes) is 1. The zero-order chi connectivity index (χ0) is 26.9. The Balaban J connectivity index is 1.61. The number of rotatable bonds is 7. The standard InChI is InChI=1S/C31H35N5O2/c1-5-6-11-28-27(18-22-12-14-23(15-13-22)26-10-8-7-9-24(26)20-32)29(37)35(30-33-21(2)34-36(28)30)25-16-17-38-31(3,4)19-25/h7-10,12-15,25H,5-6,11,16-19H2,1-4H3. The van der Waals surface area contributed by atoms with E-state index in [0.29, 0.717) is 30.2 Å². The van der Waals surface area contributed by atoms with Crippen LogP contribution in [0.4, 0.5) is 0 Å². The van der Waals surface area contributed by atoms with E-state index < -0.39 is 0 Å². The molecule has 0 saturated carbocycles. The van der Waals surface area contributed by atoms with Crippen LogP contribution in [-0.2, 0) is 17.6 Å². The van der Waals surface area contributed by atoms with Gasteiger partial charge in [-0.15, -0.1) is 0 Å². The van der Waals surface area contributed by atoms with Crippen molar-refractivity contribution in [1.29, 1.82) is 5.26 Å². The minimum atomic E-state index is -0.301. The van der Waals surface area contributed by atoms with Crippen LogP contribution in [0.5, 0.6) is 0 Å². The Morgan fingerprint density at radius 3 is 2.63 bits per heavy atom. The van der Waals surface area contributed by atoms with Crippen LogP contribution in [0.1, 0.15) is 80.7 Å². The number of nitriles is 1. The maximum atomic E-state index is 14.3. The van der Waals surface area contributed by atoms with Gasteiger partial charge in [0.25, 0.3) is 5.56 Å². The van der Waals surface area contributed by atoms with Gasteiger partial charge in [0.05, 0.1) is 22.9 Å². The number of ether oxygens (including phenoxy) is 1. The van der Waals surface area contributed by atoms with E-state index in [-0.39, 0.29) is 17.2 Å². The molecule has 1 unspecified atom stereocenters. The molecule has 4 aromatic rings. The van der Waals surface area contributed by atoms with Crippen molar-refractivity contribution in [2.24, 2.45) is 0 Å². The molecular formula is C31H35N5O2. The fraction of sp³-hybridized carbons (Fsp3) is 0.419. The van der Waals surface area contributed by atoms with Gasteiger partial charge in [-0.1, -0.05) is 55.8 Å². The molecule has 0 spiro atoms. The summed E-state index contributed by atoms with van der Waals surface area (Å²) in [4.78, 5) is 19.0. The molecule has 0 radical (unpaired) electrons. The number of hydrogen-bond donors (Lipinski definition) is 0. The first-order chi connectivity index (χ1) is 18.3. The Hall–Kier alpha value is -3.76. The van der Waals surface area contributed by atoms with Crippen LogP contribution >= 0.6 is 0 Å². The third-order valence-electron chi connectivity index (χ3n) is 7.49. The van der Waals surface area contributed by atoms with E-state index in [1.54, 1.807) is 0 Å². The molecular weight excluding hydrogens is 474 g/mol. The molecule has 7 heteroatoms. The average molecular weight is 510 g/mol. The number of benzene rings is 2. The number of aryl methyl sites for hydroxylation is 2. The van der Waals surface area contributed by atoms with Crippen molar-refractivity contribution < 1.29 is 4.74 Å². The summed E-state index contributed by atoms with van der Waals surface area (Å²) in [6.45, 7) is 8.82. The average Bonchev–Trinajstić information content (AvgIpc) is 3.29. The third kappa shape index (κ3) is 5.01. The van der Waals surface area contributed by atoms with E-state index in [0.717, 1.165) is 60.1 Å². The first-order valence-electron chi connectivity index (χ1n) is 13.5. The van der Waals surface area contributed by atoms with E-state index in [1.165, 1.54) is 0 Å². The lowest BCUT2D eigenvalue weighted by Crippen LogP contribution is -2.40. The van der Waals surface area contributed by atoms with Crippen LogP contribution in [0.15, 0.2) is 53.3 Å². The molecule has 0 bridgehead atoms. The number of hydrogen-bond acceptors (Lipinski definition) is 5. The first kappa shape index (κ1) is 25.9. The van der Waals surface area contributed by atoms with Gasteiger partial charge >= 0.3 is 0 Å². The summed E-state index contributed by atoms with van der Waals surface area (Å²) in [6, 6.07) is 18.1. The van der Waals surface area contributed by atoms with Crippen LogP contribution in [-0.4, -0.2) is 31.4 Å². The Labute approximate surface area is 223 Å². The predicted molar refractivity (Wildman–Crippen MR) is 148 cm³/mol. The molecule has 196 valence electrons. The second-order valence-corrected chi connectivity index (χ2v) is 10.9. The van der Waals surface area contributed by atoms with E-state index in [1.807, 2.05) is 52.4 Å². The number of nitrogens with zero attached hydrogens (tertiary/aromatic N) is 5. The quantitative estimate of drug-likeness (QED) is 0.314. The summed E-state index contributed by atoms with van der Waals surface area (Å²) in [5.74, 6) is 1.30. The van der Waals surface area contributed by atoms with Gasteiger partial charge in [-0.05, 0) is 69.2 Å². The van der Waals surface area contributed by atoms with Crippen LogP contribution < -0.4 is 5.56 Å². The Kier molecular flexibility index (Phi) is 7.18. The first-order valence-corrected chi connectivity index (χ1v) is 13.5. The predicted octanol–water partition coefficient (Wildman–Crippen LogP) is 5.80. The van der Waals surface area contributed by atoms with Gasteiger partial charge in [-0.3, -0.25) is 9.36 Å². The zero-order valence-electron chi connectivity index (χ0n) is 22.7. The molecule has 3 heterocycles. The molecule has 2 aromatic heterocycles. The number of aromatic nitrogens is 4. The summed E-state index contributed by atoms with van der Waals surface area (Å²) < 4.78 is 9.76. The highest BCUT2D eigenvalue weighted by Crippen LogP contribution is 2.33. The lowest BCUT2D eigenvalue weighted by atomic mass is 9.93. The lowest BCUT2D eigenvalue weighted by Gasteiger charge is -2.36. The third-order valence-corrected chi connectivity index (χ3v) is 7.49. The molecule has 1 aliphatic heterocycles. The van der Waals surface area contributed by atoms with Crippen LogP contribution in [0.2, 0.25) is 0 Å². The van der Waals surface area contributed by atoms with Crippen molar-refractivity contribution in [3.8, 4) is 17.2 Å². The molecule has 5 rings (SSSR count). The topological polar surface area (TPSA) is 85.2 Å². The number of fused-ring (bicyclic) bond motifs is 1. The Morgan fingerprint density at radius 1 is 1.16 bits per heavy atom. The SMILES string of the molecule is CCCCc1c(Cc2ccc(-c3ccccc3C#N)cc2)c(=O)n(C2CCOC(C)(C)C2)c2nc(C)nn12. The summed E-state index contributed by atoms with van der Waals surface area (Å²) in [5.41, 5.74) is 5.06. The molecule has 0 aliphatic carbocycles. The summed E-state index contributed by atoms with van der Waals surface area (Å²) in [6.07, 6.45) is 4.80. The highest BCUT2D eigenvalue weighted by Gasteiger charge is 2.33. The minimum absolute atomic E-state index is 0.00110. The van der Waals surface area contributed by atoms with Gasteiger partial charge in [-0.25, -0.2) is 4.52 Å². The minimum Gasteiger partial charge on any atom is -0.375 e. The van der Waals surface area contributed by atoms with Crippen molar-refractivity contribution >= 4 is 5.78 Å². The Bertz CT molecular complexity index is 1560. The van der Waals surface area contributed by atoms with E-state index in [4.69, 9.17) is 14.8 Å². The van der Waals surface area contributed by atoms with Gasteiger partial charge in [0.15, 0.2) is 0 Å². The zero-order valence-corrected chi connectivity index (χ0v) is 22.7. The monoisotopic (exact) mass is 509 g/mol. The van der Waals surface area contributed by atoms with Crippen LogP contribution in [0, 0.1) is 18.3 Å². The summed E-state index contributed by atoms with van der Waals surface area (Å²) in [5, 5.41) is 14.3. The molecule has 0 N–H and O–H groups in total. The highest BCUT2D eigenvalue weighted by atomic mass is 16.5. The smallest absolute Gasteiger partial charge is 0.259 e. The van der Waals surface area contributed by atoms with Gasteiger partial charge in [0.2, 0.25) is 5.78 Å². The molecule has 7 nitrogen and oxygen atoms in total. The van der Waals surface area contributed by atoms with E-state index in [2.05, 4.69) is 39.0 Å². The van der Waals surface area contributed by atoms with Crippen molar-refractivity contribution in [3.05, 3.63) is 87.1 Å². The molecule has 1 fully saturated rings. The second-order valence-electron chi connectivity index (χ2n) is 10.9. The molecule has 1 atom stereocenters. The van der Waals surface area contributed by atoms with Crippen molar-refractivity contribution in [3.63, 3.8) is 0 Å². The van der Waals surface area contributed by atoms with Crippen LogP contribution in [0.25, 0.3) is 16.9 Å². The van der Waals surface area contributed by atoms with E-state index >= 15 is 0 Å². The highest BCUT2D eigenvalue weighted by molar-refractivity contribution is 5.70. The van der Waals surface area contributed by atoms with Gasteiger partial charge < -0.3 is 4.74 Å². The lowest BCUT2D eigenvalue weighted by molar-refractivity contribution is -0.0691. The molecule has 2 aromatic carbocycles. The largest absolute Gasteiger partial charge is 0.375 e. The molecule has 1 saturated heterocycles. The van der Waals surface area contributed by atoms with Crippen molar-refractivity contribution in [1.82, 2.24) is 19.2 Å². The summed E-state index contributed by atoms with van der Waals surface area (Å²) >= 11 is 0. The fourth-order valence-corrected chi connectivity index (χ4v) is 5.59. The maximum Gasteiger partial charge on any atom is 0.259 e. The molecule has 1 aliphatic rings. The maximum absolute atomic E-state index is 14.3. The Morgan fingerprint density at radius 2 is 1.92 bits per heavy atom. The van der Waals surface area contributed by atoms with Crippen molar-refractivity contribution in [2.45, 2.75) is 77.9 Å². The second kappa shape index (κ2) is 10.5. The van der Waals surface area contributed by atoms with Gasteiger partial charge in [0.1, 0.15) is 5.82 Å². The van der Waals surface area contributed by atoms with Gasteiger partial charge in [0, 0.05) is 24.6 Å². The molecule has 0 amide bonds.